The molecule has 8 rings (SSSR count). The van der Waals surface area contributed by atoms with E-state index in [4.69, 9.17) is 0 Å². The first-order chi connectivity index (χ1) is 22.5. The molecule has 0 radical (unpaired) electrons. The molecule has 7 aromatic rings. The summed E-state index contributed by atoms with van der Waals surface area (Å²) in [5.41, 5.74) is 10.4. The van der Waals surface area contributed by atoms with Gasteiger partial charge in [0.2, 0.25) is 0 Å². The Balaban J connectivity index is 1.32. The summed E-state index contributed by atoms with van der Waals surface area (Å²) < 4.78 is 0. The molecule has 1 nitrogen and oxygen atoms in total. The zero-order chi connectivity index (χ0) is 32.7. The predicted molar refractivity (Wildman–Crippen MR) is 208 cm³/mol. The van der Waals surface area contributed by atoms with E-state index in [9.17, 15) is 0 Å². The highest BCUT2D eigenvalue weighted by atomic mass is 28.3. The van der Waals surface area contributed by atoms with Crippen LogP contribution in [0.25, 0.3) is 43.4 Å². The normalized spacial score (nSPS) is 13.8. The first kappa shape index (κ1) is 29.7. The van der Waals surface area contributed by atoms with E-state index in [0.717, 1.165) is 0 Å². The van der Waals surface area contributed by atoms with Gasteiger partial charge in [0.05, 0.1) is 8.07 Å². The predicted octanol–water partition coefficient (Wildman–Crippen LogP) is 12.6. The van der Waals surface area contributed by atoms with E-state index in [2.05, 4.69) is 180 Å². The molecule has 0 saturated heterocycles. The molecule has 0 saturated carbocycles. The fraction of sp³-hybridized carbons (Fsp3) is 0.200. The maximum Gasteiger partial charge on any atom is 0.0775 e. The fourth-order valence-electron chi connectivity index (χ4n) is 8.10. The van der Waals surface area contributed by atoms with Crippen LogP contribution in [-0.4, -0.2) is 8.07 Å². The topological polar surface area (TPSA) is 3.24 Å². The van der Waals surface area contributed by atoms with Crippen molar-refractivity contribution in [2.24, 2.45) is 0 Å². The molecule has 0 spiro atoms. The minimum atomic E-state index is -1.41. The van der Waals surface area contributed by atoms with Gasteiger partial charge in [-0.3, -0.25) is 0 Å². The Kier molecular flexibility index (Phi) is 6.76. The van der Waals surface area contributed by atoms with Gasteiger partial charge in [-0.1, -0.05) is 144 Å². The van der Waals surface area contributed by atoms with Gasteiger partial charge in [0, 0.05) is 22.5 Å². The van der Waals surface area contributed by atoms with Crippen molar-refractivity contribution in [1.29, 1.82) is 0 Å². The molecule has 1 aliphatic rings. The third kappa shape index (κ3) is 4.65. The maximum absolute atomic E-state index is 2.43. The van der Waals surface area contributed by atoms with Gasteiger partial charge in [-0.15, -0.1) is 0 Å². The third-order valence-corrected chi connectivity index (χ3v) is 12.6. The Morgan fingerprint density at radius 3 is 1.70 bits per heavy atom. The van der Waals surface area contributed by atoms with Crippen molar-refractivity contribution in [2.75, 3.05) is 4.90 Å². The first-order valence-electron chi connectivity index (χ1n) is 17.1. The summed E-state index contributed by atoms with van der Waals surface area (Å²) in [5, 5.41) is 9.48. The Bertz CT molecular complexity index is 2320. The molecule has 0 aliphatic heterocycles. The molecule has 7 aromatic carbocycles. The lowest BCUT2D eigenvalue weighted by Crippen LogP contribution is -2.37. The van der Waals surface area contributed by atoms with Crippen molar-refractivity contribution < 1.29 is 0 Å². The lowest BCUT2D eigenvalue weighted by molar-refractivity contribution is 0.672. The Hall–Kier alpha value is -4.66. The summed E-state index contributed by atoms with van der Waals surface area (Å²) in [4.78, 5) is 2.42. The van der Waals surface area contributed by atoms with Gasteiger partial charge in [0.25, 0.3) is 0 Å². The van der Waals surface area contributed by atoms with Gasteiger partial charge in [-0.05, 0) is 102 Å². The van der Waals surface area contributed by atoms with Crippen LogP contribution in [0.15, 0.2) is 127 Å². The Morgan fingerprint density at radius 1 is 0.532 bits per heavy atom. The van der Waals surface area contributed by atoms with Gasteiger partial charge in [0.1, 0.15) is 0 Å². The number of nitrogens with zero attached hydrogens (tertiary/aromatic N) is 1. The summed E-state index contributed by atoms with van der Waals surface area (Å²) in [6, 6.07) is 48.2. The standard InChI is InChI=1S/C45H43NSi/c1-29(2)30-16-19-32(20-17-30)46(33-21-24-35(25-22-33)47(5,6)7)34-23-27-36-31(28-34)18-26-41-42-39-14-10-8-12-37(39)38-13-9-11-15-40(38)44(42)45(3,4)43(36)41/h8-29H,1-7H3. The molecule has 1 aliphatic carbocycles. The van der Waals surface area contributed by atoms with Gasteiger partial charge < -0.3 is 4.90 Å². The van der Waals surface area contributed by atoms with E-state index >= 15 is 0 Å². The monoisotopic (exact) mass is 625 g/mol. The van der Waals surface area contributed by atoms with Crippen LogP contribution in [0.5, 0.6) is 0 Å². The summed E-state index contributed by atoms with van der Waals surface area (Å²) in [6.07, 6.45) is 0. The summed E-state index contributed by atoms with van der Waals surface area (Å²) in [7, 11) is -1.41. The highest BCUT2D eigenvalue weighted by Crippen LogP contribution is 2.56. The second kappa shape index (κ2) is 10.7. The van der Waals surface area contributed by atoms with Crippen LogP contribution in [0.1, 0.15) is 50.3 Å². The van der Waals surface area contributed by atoms with E-state index in [-0.39, 0.29) is 5.41 Å². The average Bonchev–Trinajstić information content (AvgIpc) is 3.32. The van der Waals surface area contributed by atoms with Gasteiger partial charge in [0.15, 0.2) is 0 Å². The van der Waals surface area contributed by atoms with Gasteiger partial charge >= 0.3 is 0 Å². The maximum atomic E-state index is 2.43. The second-order valence-corrected chi connectivity index (χ2v) is 20.3. The van der Waals surface area contributed by atoms with E-state index in [1.807, 2.05) is 0 Å². The van der Waals surface area contributed by atoms with Crippen molar-refractivity contribution in [2.45, 2.75) is 58.7 Å². The molecule has 0 aromatic heterocycles. The number of benzene rings is 7. The zero-order valence-corrected chi connectivity index (χ0v) is 29.6. The lowest BCUT2D eigenvalue weighted by Gasteiger charge is -2.28. The molecule has 2 heteroatoms. The molecule has 0 amide bonds. The van der Waals surface area contributed by atoms with E-state index in [1.165, 1.54) is 82.4 Å². The molecular weight excluding hydrogens is 583 g/mol. The quantitative estimate of drug-likeness (QED) is 0.136. The number of rotatable bonds is 5. The number of anilines is 3. The minimum absolute atomic E-state index is 0.144. The van der Waals surface area contributed by atoms with E-state index in [0.29, 0.717) is 5.92 Å². The van der Waals surface area contributed by atoms with Crippen LogP contribution in [-0.2, 0) is 5.41 Å². The van der Waals surface area contributed by atoms with E-state index < -0.39 is 8.07 Å². The SMILES string of the molecule is CC(C)c1ccc(N(c2ccc([Si](C)(C)C)cc2)c2ccc3c4c(ccc3c2)-c2c(c3ccccc3c3ccccc23)C4(C)C)cc1. The van der Waals surface area contributed by atoms with Crippen LogP contribution < -0.4 is 10.1 Å². The van der Waals surface area contributed by atoms with Gasteiger partial charge in [-0.25, -0.2) is 0 Å². The van der Waals surface area contributed by atoms with Crippen molar-refractivity contribution in [3.63, 3.8) is 0 Å². The van der Waals surface area contributed by atoms with Crippen LogP contribution in [0.4, 0.5) is 17.1 Å². The van der Waals surface area contributed by atoms with Crippen molar-refractivity contribution >= 4 is 62.6 Å². The molecule has 47 heavy (non-hydrogen) atoms. The van der Waals surface area contributed by atoms with Crippen LogP contribution in [0, 0.1) is 0 Å². The molecule has 232 valence electrons. The summed E-state index contributed by atoms with van der Waals surface area (Å²) in [6.45, 7) is 16.6. The molecule has 0 unspecified atom stereocenters. The minimum Gasteiger partial charge on any atom is -0.310 e. The first-order valence-corrected chi connectivity index (χ1v) is 20.6. The van der Waals surface area contributed by atoms with Crippen molar-refractivity contribution in [3.05, 3.63) is 144 Å². The Morgan fingerprint density at radius 2 is 1.09 bits per heavy atom. The summed E-state index contributed by atoms with van der Waals surface area (Å²) >= 11 is 0. The highest BCUT2D eigenvalue weighted by molar-refractivity contribution is 6.88. The number of hydrogen-bond acceptors (Lipinski definition) is 1. The third-order valence-electron chi connectivity index (χ3n) is 10.5. The molecule has 0 bridgehead atoms. The molecule has 0 heterocycles. The second-order valence-electron chi connectivity index (χ2n) is 15.2. The van der Waals surface area contributed by atoms with Crippen LogP contribution >= 0.6 is 0 Å². The Labute approximate surface area is 280 Å². The highest BCUT2D eigenvalue weighted by Gasteiger charge is 2.39. The van der Waals surface area contributed by atoms with Crippen LogP contribution in [0.2, 0.25) is 19.6 Å². The van der Waals surface area contributed by atoms with Crippen molar-refractivity contribution in [3.8, 4) is 11.1 Å². The number of fused-ring (bicyclic) bond motifs is 10. The molecule has 0 N–H and O–H groups in total. The largest absolute Gasteiger partial charge is 0.310 e. The number of hydrogen-bond donors (Lipinski definition) is 0. The fourth-order valence-corrected chi connectivity index (χ4v) is 9.27. The van der Waals surface area contributed by atoms with Gasteiger partial charge in [-0.2, -0.15) is 0 Å². The van der Waals surface area contributed by atoms with E-state index in [1.54, 1.807) is 0 Å². The average molecular weight is 626 g/mol. The summed E-state index contributed by atoms with van der Waals surface area (Å²) in [5.74, 6) is 0.498. The molecule has 0 atom stereocenters. The van der Waals surface area contributed by atoms with Crippen LogP contribution in [0.3, 0.4) is 0 Å². The smallest absolute Gasteiger partial charge is 0.0775 e. The molecule has 0 fully saturated rings. The zero-order valence-electron chi connectivity index (χ0n) is 28.6. The lowest BCUT2D eigenvalue weighted by atomic mass is 9.78. The molecular formula is C45H43NSi. The van der Waals surface area contributed by atoms with Crippen molar-refractivity contribution in [1.82, 2.24) is 0 Å².